The van der Waals surface area contributed by atoms with Gasteiger partial charge in [-0.05, 0) is 50.2 Å². The van der Waals surface area contributed by atoms with Crippen LogP contribution >= 0.6 is 0 Å². The Morgan fingerprint density at radius 2 is 1.24 bits per heavy atom. The lowest BCUT2D eigenvalue weighted by Crippen LogP contribution is -2.20. The minimum Gasteiger partial charge on any atom is -0.484 e. The molecule has 0 heterocycles. The molecule has 2 N–H and O–H groups in total. The molecule has 3 rings (SSSR count). The van der Waals surface area contributed by atoms with Crippen molar-refractivity contribution in [3.05, 3.63) is 90.0 Å². The summed E-state index contributed by atoms with van der Waals surface area (Å²) in [5.41, 5.74) is 3.98. The number of ether oxygens (including phenoxy) is 1. The molecule has 0 aliphatic heterocycles. The number of carbonyl (C=O) groups excluding carboxylic acids is 2. The Labute approximate surface area is 171 Å². The van der Waals surface area contributed by atoms with Gasteiger partial charge in [0.15, 0.2) is 6.61 Å². The van der Waals surface area contributed by atoms with Crippen molar-refractivity contribution in [2.75, 3.05) is 17.2 Å². The van der Waals surface area contributed by atoms with Crippen LogP contribution in [0.4, 0.5) is 11.4 Å². The van der Waals surface area contributed by atoms with Crippen molar-refractivity contribution in [1.29, 1.82) is 0 Å². The fourth-order valence-electron chi connectivity index (χ4n) is 2.34. The van der Waals surface area contributed by atoms with E-state index in [0.29, 0.717) is 5.75 Å². The summed E-state index contributed by atoms with van der Waals surface area (Å²) in [4.78, 5) is 22.2. The molecule has 5 nitrogen and oxygen atoms in total. The van der Waals surface area contributed by atoms with E-state index in [1.165, 1.54) is 12.5 Å². The molecule has 3 aromatic rings. The van der Waals surface area contributed by atoms with Gasteiger partial charge in [0.05, 0.1) is 0 Å². The zero-order chi connectivity index (χ0) is 21.1. The Balaban J connectivity index is 0.000000234. The van der Waals surface area contributed by atoms with Gasteiger partial charge in [0, 0.05) is 18.3 Å². The summed E-state index contributed by atoms with van der Waals surface area (Å²) in [5.74, 6) is 0.499. The van der Waals surface area contributed by atoms with E-state index in [1.54, 1.807) is 0 Å². The van der Waals surface area contributed by atoms with Gasteiger partial charge >= 0.3 is 0 Å². The standard InChI is InChI=1S/C15H15NO2.C9H11NO/c1-12-7-9-14(10-8-12)18-11-15(17)16-13-5-3-2-4-6-13;1-7-3-5-9(6-4-7)10-8(2)11/h2-10H,11H2,1H3,(H,16,17);3-6H,1-2H3,(H,10,11). The predicted octanol–water partition coefficient (Wildman–Crippen LogP) is 4.97. The third-order valence-electron chi connectivity index (χ3n) is 3.82. The molecule has 5 heteroatoms. The van der Waals surface area contributed by atoms with E-state index in [-0.39, 0.29) is 18.4 Å². The fourth-order valence-corrected chi connectivity index (χ4v) is 2.34. The van der Waals surface area contributed by atoms with Crippen LogP contribution in [0.25, 0.3) is 0 Å². The number of benzene rings is 3. The van der Waals surface area contributed by atoms with Gasteiger partial charge in [-0.15, -0.1) is 0 Å². The van der Waals surface area contributed by atoms with Crippen LogP contribution in [0.1, 0.15) is 18.1 Å². The van der Waals surface area contributed by atoms with E-state index in [4.69, 9.17) is 4.74 Å². The van der Waals surface area contributed by atoms with Crippen molar-refractivity contribution in [3.63, 3.8) is 0 Å². The van der Waals surface area contributed by atoms with E-state index in [1.807, 2.05) is 92.7 Å². The summed E-state index contributed by atoms with van der Waals surface area (Å²) in [6, 6.07) is 24.6. The molecule has 0 atom stereocenters. The average molecular weight is 390 g/mol. The number of aryl methyl sites for hydroxylation is 2. The molecule has 0 unspecified atom stereocenters. The Kier molecular flexibility index (Phi) is 8.45. The molecule has 0 spiro atoms. The quantitative estimate of drug-likeness (QED) is 0.647. The maximum Gasteiger partial charge on any atom is 0.262 e. The van der Waals surface area contributed by atoms with Crippen molar-refractivity contribution < 1.29 is 14.3 Å². The molecule has 0 aliphatic carbocycles. The lowest BCUT2D eigenvalue weighted by molar-refractivity contribution is -0.118. The van der Waals surface area contributed by atoms with Crippen molar-refractivity contribution in [1.82, 2.24) is 0 Å². The molecule has 3 aromatic carbocycles. The molecular weight excluding hydrogens is 364 g/mol. The van der Waals surface area contributed by atoms with Crippen LogP contribution < -0.4 is 15.4 Å². The fraction of sp³-hybridized carbons (Fsp3) is 0.167. The van der Waals surface area contributed by atoms with Crippen molar-refractivity contribution >= 4 is 23.2 Å². The highest BCUT2D eigenvalue weighted by Gasteiger charge is 2.03. The minimum absolute atomic E-state index is 0.0119. The molecule has 0 saturated heterocycles. The third-order valence-corrected chi connectivity index (χ3v) is 3.82. The van der Waals surface area contributed by atoms with Crippen molar-refractivity contribution in [2.24, 2.45) is 0 Å². The number of hydrogen-bond donors (Lipinski definition) is 2. The predicted molar refractivity (Wildman–Crippen MR) is 117 cm³/mol. The number of hydrogen-bond acceptors (Lipinski definition) is 3. The van der Waals surface area contributed by atoms with E-state index in [0.717, 1.165) is 16.9 Å². The highest BCUT2D eigenvalue weighted by atomic mass is 16.5. The summed E-state index contributed by atoms with van der Waals surface area (Å²) in [7, 11) is 0. The Hall–Kier alpha value is -3.60. The van der Waals surface area contributed by atoms with Gasteiger partial charge in [-0.2, -0.15) is 0 Å². The monoisotopic (exact) mass is 390 g/mol. The van der Waals surface area contributed by atoms with Crippen LogP contribution in [-0.2, 0) is 9.59 Å². The number of anilines is 2. The van der Waals surface area contributed by atoms with Crippen LogP contribution in [-0.4, -0.2) is 18.4 Å². The Morgan fingerprint density at radius 1 is 0.724 bits per heavy atom. The number of rotatable bonds is 5. The largest absolute Gasteiger partial charge is 0.484 e. The lowest BCUT2D eigenvalue weighted by Gasteiger charge is -2.07. The maximum atomic E-state index is 11.6. The van der Waals surface area contributed by atoms with Crippen molar-refractivity contribution in [2.45, 2.75) is 20.8 Å². The first-order chi connectivity index (χ1) is 13.9. The van der Waals surface area contributed by atoms with Gasteiger partial charge in [-0.3, -0.25) is 9.59 Å². The normalized spacial score (nSPS) is 9.62. The molecule has 0 saturated carbocycles. The molecule has 2 amide bonds. The average Bonchev–Trinajstić information content (AvgIpc) is 2.70. The molecule has 0 fully saturated rings. The van der Waals surface area contributed by atoms with E-state index < -0.39 is 0 Å². The highest BCUT2D eigenvalue weighted by Crippen LogP contribution is 2.11. The SMILES string of the molecule is CC(=O)Nc1ccc(C)cc1.Cc1ccc(OCC(=O)Nc2ccccc2)cc1. The first kappa shape index (κ1) is 21.7. The van der Waals surface area contributed by atoms with E-state index in [9.17, 15) is 9.59 Å². The second-order valence-electron chi connectivity index (χ2n) is 6.56. The van der Waals surface area contributed by atoms with Crippen LogP contribution in [0, 0.1) is 13.8 Å². The molecular formula is C24H26N2O3. The molecule has 150 valence electrons. The van der Waals surface area contributed by atoms with E-state index >= 15 is 0 Å². The highest BCUT2D eigenvalue weighted by molar-refractivity contribution is 5.91. The molecule has 0 bridgehead atoms. The van der Waals surface area contributed by atoms with Gasteiger partial charge in [0.2, 0.25) is 5.91 Å². The summed E-state index contributed by atoms with van der Waals surface area (Å²) < 4.78 is 5.38. The zero-order valence-electron chi connectivity index (χ0n) is 16.9. The van der Waals surface area contributed by atoms with Crippen LogP contribution in [0.15, 0.2) is 78.9 Å². The second kappa shape index (κ2) is 11.3. The van der Waals surface area contributed by atoms with Gasteiger partial charge in [-0.25, -0.2) is 0 Å². The van der Waals surface area contributed by atoms with Gasteiger partial charge < -0.3 is 15.4 Å². The van der Waals surface area contributed by atoms with Gasteiger partial charge in [-0.1, -0.05) is 53.6 Å². The summed E-state index contributed by atoms with van der Waals surface area (Å²) >= 11 is 0. The van der Waals surface area contributed by atoms with Crippen LogP contribution in [0.5, 0.6) is 5.75 Å². The first-order valence-electron chi connectivity index (χ1n) is 9.31. The van der Waals surface area contributed by atoms with Gasteiger partial charge in [0.1, 0.15) is 5.75 Å². The second-order valence-corrected chi connectivity index (χ2v) is 6.56. The molecule has 0 radical (unpaired) electrons. The smallest absolute Gasteiger partial charge is 0.262 e. The van der Waals surface area contributed by atoms with E-state index in [2.05, 4.69) is 10.6 Å². The summed E-state index contributed by atoms with van der Waals surface area (Å²) in [6.45, 7) is 5.53. The van der Waals surface area contributed by atoms with Crippen molar-refractivity contribution in [3.8, 4) is 5.75 Å². The lowest BCUT2D eigenvalue weighted by atomic mass is 10.2. The summed E-state index contributed by atoms with van der Waals surface area (Å²) in [6.07, 6.45) is 0. The zero-order valence-corrected chi connectivity index (χ0v) is 16.9. The number of nitrogens with one attached hydrogen (secondary N) is 2. The third kappa shape index (κ3) is 8.75. The molecule has 0 aromatic heterocycles. The topological polar surface area (TPSA) is 67.4 Å². The maximum absolute atomic E-state index is 11.6. The number of para-hydroxylation sites is 1. The Morgan fingerprint density at radius 3 is 1.79 bits per heavy atom. The van der Waals surface area contributed by atoms with Gasteiger partial charge in [0.25, 0.3) is 5.91 Å². The summed E-state index contributed by atoms with van der Waals surface area (Å²) in [5, 5.41) is 5.45. The number of amides is 2. The first-order valence-corrected chi connectivity index (χ1v) is 9.31. The minimum atomic E-state index is -0.165. The molecule has 29 heavy (non-hydrogen) atoms. The number of carbonyl (C=O) groups is 2. The molecule has 0 aliphatic rings. The van der Waals surface area contributed by atoms with Crippen LogP contribution in [0.2, 0.25) is 0 Å². The Bertz CT molecular complexity index is 905. The van der Waals surface area contributed by atoms with Crippen LogP contribution in [0.3, 0.4) is 0 Å².